The molecule has 1 amide bonds. The van der Waals surface area contributed by atoms with Gasteiger partial charge in [0.25, 0.3) is 5.91 Å². The molecule has 5 nitrogen and oxygen atoms in total. The molecule has 0 aliphatic carbocycles. The number of carboxylic acid groups (broad SMARTS) is 1. The van der Waals surface area contributed by atoms with Gasteiger partial charge in [-0.25, -0.2) is 8.78 Å². The molecule has 1 fully saturated rings. The average Bonchev–Trinajstić information content (AvgIpc) is 3.11. The zero-order chi connectivity index (χ0) is 18.1. The maximum atomic E-state index is 13.3. The van der Waals surface area contributed by atoms with E-state index in [9.17, 15) is 18.4 Å². The Bertz CT molecular complexity index is 923. The highest BCUT2D eigenvalue weighted by Crippen LogP contribution is 2.33. The third-order valence-corrected chi connectivity index (χ3v) is 4.65. The van der Waals surface area contributed by atoms with Crippen LogP contribution in [0.3, 0.4) is 0 Å². The predicted molar refractivity (Wildman–Crippen MR) is 91.6 cm³/mol. The number of carboxylic acids is 1. The molecule has 9 heteroatoms. The Morgan fingerprint density at radius 1 is 1.28 bits per heavy atom. The summed E-state index contributed by atoms with van der Waals surface area (Å²) in [6.45, 7) is -0.514. The molecule has 2 heterocycles. The minimum Gasteiger partial charge on any atom is -0.480 e. The fraction of sp³-hybridized carbons (Fsp3) is 0.0625. The van der Waals surface area contributed by atoms with E-state index in [4.69, 9.17) is 21.7 Å². The zero-order valence-corrected chi connectivity index (χ0v) is 14.0. The minimum absolute atomic E-state index is 0.144. The van der Waals surface area contributed by atoms with Crippen molar-refractivity contribution in [1.29, 1.82) is 0 Å². The Morgan fingerprint density at radius 3 is 2.72 bits per heavy atom. The van der Waals surface area contributed by atoms with Crippen molar-refractivity contribution in [2.24, 2.45) is 0 Å². The Hall–Kier alpha value is -2.52. The number of halogens is 2. The van der Waals surface area contributed by atoms with Gasteiger partial charge < -0.3 is 9.52 Å². The van der Waals surface area contributed by atoms with Crippen LogP contribution in [0, 0.1) is 11.6 Å². The van der Waals surface area contributed by atoms with Gasteiger partial charge >= 0.3 is 5.97 Å². The number of amides is 1. The van der Waals surface area contributed by atoms with Crippen molar-refractivity contribution in [1.82, 2.24) is 4.90 Å². The van der Waals surface area contributed by atoms with Crippen LogP contribution >= 0.6 is 24.0 Å². The molecule has 1 aliphatic rings. The van der Waals surface area contributed by atoms with Gasteiger partial charge in [0.1, 0.15) is 22.4 Å². The van der Waals surface area contributed by atoms with Crippen LogP contribution in [0.1, 0.15) is 5.76 Å². The summed E-state index contributed by atoms with van der Waals surface area (Å²) in [6.07, 6.45) is 1.42. The Kier molecular flexibility index (Phi) is 4.69. The summed E-state index contributed by atoms with van der Waals surface area (Å²) >= 11 is 5.96. The van der Waals surface area contributed by atoms with E-state index in [0.717, 1.165) is 28.8 Å². The molecule has 0 bridgehead atoms. The van der Waals surface area contributed by atoms with Crippen molar-refractivity contribution < 1.29 is 27.9 Å². The highest BCUT2D eigenvalue weighted by molar-refractivity contribution is 8.26. The number of carbonyl (C=O) groups is 2. The first kappa shape index (κ1) is 17.3. The van der Waals surface area contributed by atoms with Crippen LogP contribution in [0.4, 0.5) is 8.78 Å². The number of hydrogen-bond donors (Lipinski definition) is 1. The van der Waals surface area contributed by atoms with Gasteiger partial charge in [-0.2, -0.15) is 0 Å². The van der Waals surface area contributed by atoms with E-state index in [-0.39, 0.29) is 9.23 Å². The maximum Gasteiger partial charge on any atom is 0.323 e. The largest absolute Gasteiger partial charge is 0.480 e. The highest BCUT2D eigenvalue weighted by Gasteiger charge is 2.33. The molecule has 0 saturated carbocycles. The molecule has 0 radical (unpaired) electrons. The smallest absolute Gasteiger partial charge is 0.323 e. The topological polar surface area (TPSA) is 70.8 Å². The summed E-state index contributed by atoms with van der Waals surface area (Å²) in [7, 11) is 0. The lowest BCUT2D eigenvalue weighted by molar-refractivity contribution is -0.140. The number of thioether (sulfide) groups is 1. The van der Waals surface area contributed by atoms with Crippen molar-refractivity contribution in [2.45, 2.75) is 0 Å². The number of nitrogens with zero attached hydrogens (tertiary/aromatic N) is 1. The quantitative estimate of drug-likeness (QED) is 0.646. The third kappa shape index (κ3) is 3.62. The first-order valence-corrected chi connectivity index (χ1v) is 8.10. The van der Waals surface area contributed by atoms with Crippen molar-refractivity contribution in [3.05, 3.63) is 52.6 Å². The van der Waals surface area contributed by atoms with Gasteiger partial charge in [-0.3, -0.25) is 14.5 Å². The summed E-state index contributed by atoms with van der Waals surface area (Å²) < 4.78 is 31.9. The fourth-order valence-corrected chi connectivity index (χ4v) is 3.37. The lowest BCUT2D eigenvalue weighted by Crippen LogP contribution is -2.33. The van der Waals surface area contributed by atoms with E-state index >= 15 is 0 Å². The molecule has 2 aromatic rings. The van der Waals surface area contributed by atoms with E-state index in [0.29, 0.717) is 17.1 Å². The lowest BCUT2D eigenvalue weighted by Gasteiger charge is -2.09. The lowest BCUT2D eigenvalue weighted by atomic mass is 10.1. The molecule has 0 spiro atoms. The standard InChI is InChI=1S/C16H9F2NO4S2/c17-10-3-1-8(5-11(10)18)12-4-2-9(23-12)6-13-15(22)19(7-14(20)21)16(24)25-13/h1-6H,7H2,(H,20,21). The predicted octanol–water partition coefficient (Wildman–Crippen LogP) is 3.51. The molecule has 0 atom stereocenters. The SMILES string of the molecule is O=C(O)CN1C(=O)C(=Cc2ccc(-c3ccc(F)c(F)c3)o2)SC1=S. The van der Waals surface area contributed by atoms with Gasteiger partial charge in [-0.05, 0) is 30.3 Å². The Balaban J connectivity index is 1.84. The molecule has 0 unspecified atom stereocenters. The average molecular weight is 381 g/mol. The van der Waals surface area contributed by atoms with Crippen LogP contribution in [0.2, 0.25) is 0 Å². The Labute approximate surface area is 149 Å². The normalized spacial score (nSPS) is 16.1. The van der Waals surface area contributed by atoms with Crippen LogP contribution in [-0.4, -0.2) is 32.7 Å². The number of furan rings is 1. The van der Waals surface area contributed by atoms with E-state index < -0.39 is 30.1 Å². The number of thiocarbonyl (C=S) groups is 1. The Morgan fingerprint density at radius 2 is 2.04 bits per heavy atom. The molecular weight excluding hydrogens is 372 g/mol. The number of benzene rings is 1. The third-order valence-electron chi connectivity index (χ3n) is 3.27. The summed E-state index contributed by atoms with van der Waals surface area (Å²) in [5.74, 6) is -3.05. The van der Waals surface area contributed by atoms with Crippen molar-refractivity contribution >= 4 is 46.3 Å². The second-order valence-corrected chi connectivity index (χ2v) is 6.67. The van der Waals surface area contributed by atoms with Crippen LogP contribution < -0.4 is 0 Å². The molecule has 1 aliphatic heterocycles. The van der Waals surface area contributed by atoms with Crippen molar-refractivity contribution in [2.75, 3.05) is 6.54 Å². The summed E-state index contributed by atoms with van der Waals surface area (Å²) in [4.78, 5) is 24.1. The molecule has 1 saturated heterocycles. The second kappa shape index (κ2) is 6.77. The molecule has 1 aromatic heterocycles. The second-order valence-electron chi connectivity index (χ2n) is 4.99. The minimum atomic E-state index is -1.17. The van der Waals surface area contributed by atoms with Gasteiger partial charge in [0.15, 0.2) is 11.6 Å². The van der Waals surface area contributed by atoms with E-state index in [2.05, 4.69) is 0 Å². The van der Waals surface area contributed by atoms with Crippen molar-refractivity contribution in [3.8, 4) is 11.3 Å². The van der Waals surface area contributed by atoms with E-state index in [1.165, 1.54) is 12.1 Å². The number of carbonyl (C=O) groups excluding carboxylic acids is 1. The van der Waals surface area contributed by atoms with Gasteiger partial charge in [0.2, 0.25) is 0 Å². The van der Waals surface area contributed by atoms with Gasteiger partial charge in [0, 0.05) is 11.6 Å². The fourth-order valence-electron chi connectivity index (χ4n) is 2.14. The van der Waals surface area contributed by atoms with Crippen molar-refractivity contribution in [3.63, 3.8) is 0 Å². The molecular formula is C16H9F2NO4S2. The first-order valence-electron chi connectivity index (χ1n) is 6.87. The van der Waals surface area contributed by atoms with Gasteiger partial charge in [-0.15, -0.1) is 0 Å². The van der Waals surface area contributed by atoms with Crippen LogP contribution in [0.15, 0.2) is 39.7 Å². The molecule has 3 rings (SSSR count). The molecule has 128 valence electrons. The number of hydrogen-bond acceptors (Lipinski definition) is 5. The summed E-state index contributed by atoms with van der Waals surface area (Å²) in [6, 6.07) is 6.47. The highest BCUT2D eigenvalue weighted by atomic mass is 32.2. The van der Waals surface area contributed by atoms with Crippen LogP contribution in [-0.2, 0) is 9.59 Å². The summed E-state index contributed by atoms with van der Waals surface area (Å²) in [5.41, 5.74) is 0.344. The van der Waals surface area contributed by atoms with Gasteiger partial charge in [0.05, 0.1) is 4.91 Å². The van der Waals surface area contributed by atoms with Gasteiger partial charge in [-0.1, -0.05) is 24.0 Å². The molecule has 1 N–H and O–H groups in total. The first-order chi connectivity index (χ1) is 11.8. The molecule has 1 aromatic carbocycles. The van der Waals surface area contributed by atoms with Crippen LogP contribution in [0.25, 0.3) is 17.4 Å². The number of aliphatic carboxylic acids is 1. The van der Waals surface area contributed by atoms with E-state index in [1.54, 1.807) is 12.1 Å². The van der Waals surface area contributed by atoms with E-state index in [1.807, 2.05) is 0 Å². The molecule has 25 heavy (non-hydrogen) atoms. The monoisotopic (exact) mass is 381 g/mol. The van der Waals surface area contributed by atoms with Crippen LogP contribution in [0.5, 0.6) is 0 Å². The number of rotatable bonds is 4. The zero-order valence-electron chi connectivity index (χ0n) is 12.4. The maximum absolute atomic E-state index is 13.3. The summed E-state index contributed by atoms with van der Waals surface area (Å²) in [5, 5.41) is 8.80.